The fourth-order valence-corrected chi connectivity index (χ4v) is 1.92. The fraction of sp³-hybridized carbons (Fsp3) is 0.538. The molecule has 0 saturated carbocycles. The molecule has 0 spiro atoms. The first-order valence-electron chi connectivity index (χ1n) is 6.02. The Labute approximate surface area is 102 Å². The van der Waals surface area contributed by atoms with Crippen molar-refractivity contribution >= 4 is 0 Å². The van der Waals surface area contributed by atoms with E-state index in [1.807, 2.05) is 25.1 Å². The summed E-state index contributed by atoms with van der Waals surface area (Å²) in [6.07, 6.45) is -0.470. The number of hydrogen-bond acceptors (Lipinski definition) is 4. The van der Waals surface area contributed by atoms with E-state index in [0.717, 1.165) is 11.3 Å². The zero-order valence-corrected chi connectivity index (χ0v) is 10.1. The van der Waals surface area contributed by atoms with Crippen LogP contribution in [0.25, 0.3) is 0 Å². The second-order valence-electron chi connectivity index (χ2n) is 4.12. The predicted octanol–water partition coefficient (Wildman–Crippen LogP) is 1.11. The summed E-state index contributed by atoms with van der Waals surface area (Å²) in [5, 5.41) is 13.0. The summed E-state index contributed by atoms with van der Waals surface area (Å²) < 4.78 is 10.7. The van der Waals surface area contributed by atoms with Gasteiger partial charge in [-0.3, -0.25) is 0 Å². The Balaban J connectivity index is 1.81. The molecule has 2 atom stereocenters. The quantitative estimate of drug-likeness (QED) is 0.778. The van der Waals surface area contributed by atoms with E-state index >= 15 is 0 Å². The zero-order chi connectivity index (χ0) is 12.1. The van der Waals surface area contributed by atoms with Gasteiger partial charge in [0.15, 0.2) is 0 Å². The summed E-state index contributed by atoms with van der Waals surface area (Å²) in [6, 6.07) is 8.15. The Morgan fingerprint density at radius 3 is 3.18 bits per heavy atom. The van der Waals surface area contributed by atoms with Crippen LogP contribution in [0.3, 0.4) is 0 Å². The molecule has 0 aromatic heterocycles. The van der Waals surface area contributed by atoms with Crippen molar-refractivity contribution in [1.82, 2.24) is 5.32 Å². The maximum Gasteiger partial charge on any atom is 0.124 e. The van der Waals surface area contributed by atoms with Crippen molar-refractivity contribution in [3.05, 3.63) is 29.8 Å². The van der Waals surface area contributed by atoms with Crippen LogP contribution in [0.2, 0.25) is 0 Å². The number of fused-ring (bicyclic) bond motifs is 1. The monoisotopic (exact) mass is 237 g/mol. The van der Waals surface area contributed by atoms with Gasteiger partial charge in [-0.05, 0) is 13.0 Å². The van der Waals surface area contributed by atoms with Crippen LogP contribution in [0.1, 0.15) is 18.5 Å². The van der Waals surface area contributed by atoms with Gasteiger partial charge in [0.2, 0.25) is 0 Å². The van der Waals surface area contributed by atoms with Gasteiger partial charge in [-0.15, -0.1) is 0 Å². The molecule has 2 N–H and O–H groups in total. The number of ether oxygens (including phenoxy) is 2. The van der Waals surface area contributed by atoms with Gasteiger partial charge in [0, 0.05) is 18.7 Å². The van der Waals surface area contributed by atoms with Crippen molar-refractivity contribution in [1.29, 1.82) is 0 Å². The molecule has 1 aromatic carbocycles. The maximum atomic E-state index is 9.66. The Hall–Kier alpha value is -1.10. The fourth-order valence-electron chi connectivity index (χ4n) is 1.92. The highest BCUT2D eigenvalue weighted by molar-refractivity contribution is 5.39. The molecule has 0 saturated heterocycles. The summed E-state index contributed by atoms with van der Waals surface area (Å²) in [5.41, 5.74) is 1.16. The molecule has 0 radical (unpaired) electrons. The first kappa shape index (κ1) is 12.4. The van der Waals surface area contributed by atoms with E-state index in [2.05, 4.69) is 11.4 Å². The molecular formula is C13H19NO3. The van der Waals surface area contributed by atoms with Crippen molar-refractivity contribution < 1.29 is 14.6 Å². The van der Waals surface area contributed by atoms with E-state index in [1.165, 1.54) is 0 Å². The lowest BCUT2D eigenvalue weighted by Gasteiger charge is -2.15. The molecule has 4 nitrogen and oxygen atoms in total. The number of nitrogens with one attached hydrogen (secondary N) is 1. The van der Waals surface area contributed by atoms with E-state index in [9.17, 15) is 5.11 Å². The van der Waals surface area contributed by atoms with Crippen molar-refractivity contribution in [3.8, 4) is 5.75 Å². The van der Waals surface area contributed by atoms with Crippen LogP contribution in [0, 0.1) is 0 Å². The van der Waals surface area contributed by atoms with Gasteiger partial charge in [-0.25, -0.2) is 0 Å². The molecule has 2 rings (SSSR count). The van der Waals surface area contributed by atoms with Crippen LogP contribution in [0.5, 0.6) is 5.75 Å². The smallest absolute Gasteiger partial charge is 0.124 e. The molecule has 17 heavy (non-hydrogen) atoms. The topological polar surface area (TPSA) is 50.7 Å². The third-order valence-electron chi connectivity index (χ3n) is 2.81. The van der Waals surface area contributed by atoms with Crippen LogP contribution >= 0.6 is 0 Å². The largest absolute Gasteiger partial charge is 0.491 e. The lowest BCUT2D eigenvalue weighted by Crippen LogP contribution is -2.33. The van der Waals surface area contributed by atoms with Crippen LogP contribution in [-0.4, -0.2) is 37.6 Å². The molecule has 0 fully saturated rings. The van der Waals surface area contributed by atoms with Crippen LogP contribution in [-0.2, 0) is 4.74 Å². The number of benzene rings is 1. The standard InChI is InChI=1S/C13H19NO3/c1-2-16-8-10(15)7-14-12-9-17-13-6-4-3-5-11(12)13/h3-6,10,12,14-15H,2,7-9H2,1H3. The molecule has 0 amide bonds. The summed E-state index contributed by atoms with van der Waals surface area (Å²) in [4.78, 5) is 0. The molecule has 1 aromatic rings. The van der Waals surface area contributed by atoms with E-state index in [0.29, 0.717) is 26.4 Å². The van der Waals surface area contributed by atoms with Gasteiger partial charge >= 0.3 is 0 Å². The summed E-state index contributed by atoms with van der Waals surface area (Å²) >= 11 is 0. The second-order valence-corrected chi connectivity index (χ2v) is 4.12. The molecule has 4 heteroatoms. The first-order chi connectivity index (χ1) is 8.31. The van der Waals surface area contributed by atoms with Gasteiger partial charge in [0.25, 0.3) is 0 Å². The van der Waals surface area contributed by atoms with Crippen LogP contribution in [0.4, 0.5) is 0 Å². The van der Waals surface area contributed by atoms with Gasteiger partial charge < -0.3 is 19.9 Å². The van der Waals surface area contributed by atoms with E-state index in [1.54, 1.807) is 0 Å². The minimum Gasteiger partial charge on any atom is -0.491 e. The lowest BCUT2D eigenvalue weighted by molar-refractivity contribution is 0.0410. The van der Waals surface area contributed by atoms with Crippen molar-refractivity contribution in [2.45, 2.75) is 19.1 Å². The third kappa shape index (κ3) is 3.19. The van der Waals surface area contributed by atoms with Crippen LogP contribution in [0.15, 0.2) is 24.3 Å². The van der Waals surface area contributed by atoms with E-state index in [-0.39, 0.29) is 6.04 Å². The number of hydrogen-bond donors (Lipinski definition) is 2. The number of rotatable bonds is 6. The molecule has 1 aliphatic rings. The zero-order valence-electron chi connectivity index (χ0n) is 10.1. The van der Waals surface area contributed by atoms with Gasteiger partial charge in [0.05, 0.1) is 18.8 Å². The minimum absolute atomic E-state index is 0.169. The second kappa shape index (κ2) is 6.00. The average molecular weight is 237 g/mol. The lowest BCUT2D eigenvalue weighted by atomic mass is 10.1. The van der Waals surface area contributed by atoms with Crippen molar-refractivity contribution in [2.24, 2.45) is 0 Å². The first-order valence-corrected chi connectivity index (χ1v) is 6.02. The van der Waals surface area contributed by atoms with E-state index in [4.69, 9.17) is 9.47 Å². The average Bonchev–Trinajstić information content (AvgIpc) is 2.77. The molecule has 0 bridgehead atoms. The normalized spacial score (nSPS) is 19.8. The highest BCUT2D eigenvalue weighted by Gasteiger charge is 2.23. The Kier molecular flexibility index (Phi) is 4.36. The maximum absolute atomic E-state index is 9.66. The number of aliphatic hydroxyl groups is 1. The summed E-state index contributed by atoms with van der Waals surface area (Å²) in [5.74, 6) is 0.935. The molecule has 1 heterocycles. The summed E-state index contributed by atoms with van der Waals surface area (Å²) in [7, 11) is 0. The predicted molar refractivity (Wildman–Crippen MR) is 65.2 cm³/mol. The SMILES string of the molecule is CCOCC(O)CNC1COc2ccccc21. The van der Waals surface area contributed by atoms with Gasteiger partial charge in [-0.2, -0.15) is 0 Å². The molecule has 1 aliphatic heterocycles. The molecule has 2 unspecified atom stereocenters. The highest BCUT2D eigenvalue weighted by atomic mass is 16.5. The Bertz CT molecular complexity index is 356. The molecular weight excluding hydrogens is 218 g/mol. The van der Waals surface area contributed by atoms with Gasteiger partial charge in [-0.1, -0.05) is 18.2 Å². The van der Waals surface area contributed by atoms with E-state index < -0.39 is 6.10 Å². The Morgan fingerprint density at radius 2 is 2.35 bits per heavy atom. The van der Waals surface area contributed by atoms with Gasteiger partial charge in [0.1, 0.15) is 12.4 Å². The number of aliphatic hydroxyl groups excluding tert-OH is 1. The minimum atomic E-state index is -0.470. The molecule has 0 aliphatic carbocycles. The van der Waals surface area contributed by atoms with Crippen LogP contribution < -0.4 is 10.1 Å². The van der Waals surface area contributed by atoms with Crippen molar-refractivity contribution in [2.75, 3.05) is 26.4 Å². The third-order valence-corrected chi connectivity index (χ3v) is 2.81. The molecule has 94 valence electrons. The highest BCUT2D eigenvalue weighted by Crippen LogP contribution is 2.31. The van der Waals surface area contributed by atoms with Crippen molar-refractivity contribution in [3.63, 3.8) is 0 Å². The Morgan fingerprint density at radius 1 is 1.53 bits per heavy atom. The summed E-state index contributed by atoms with van der Waals surface area (Å²) in [6.45, 7) is 4.06. The number of para-hydroxylation sites is 1.